The Labute approximate surface area is 116 Å². The zero-order chi connectivity index (χ0) is 12.7. The van der Waals surface area contributed by atoms with Crippen molar-refractivity contribution < 1.29 is 4.39 Å². The molecule has 0 aliphatic carbocycles. The zero-order valence-corrected chi connectivity index (χ0v) is 11.4. The molecule has 0 fully saturated rings. The van der Waals surface area contributed by atoms with E-state index in [1.54, 1.807) is 29.1 Å². The number of halogens is 2. The summed E-state index contributed by atoms with van der Waals surface area (Å²) in [5.74, 6) is -0.453. The summed E-state index contributed by atoms with van der Waals surface area (Å²) in [6, 6.07) is 2.94. The van der Waals surface area contributed by atoms with Crippen molar-refractivity contribution in [3.05, 3.63) is 44.3 Å². The fraction of sp³-hybridized carbons (Fsp3) is 0.0909. The van der Waals surface area contributed by atoms with Gasteiger partial charge in [-0.2, -0.15) is 0 Å². The molecule has 3 rings (SSSR count). The number of imidazole rings is 1. The molecule has 0 aliphatic heterocycles. The van der Waals surface area contributed by atoms with Crippen LogP contribution in [0.4, 0.5) is 4.39 Å². The second-order valence-electron chi connectivity index (χ2n) is 3.77. The summed E-state index contributed by atoms with van der Waals surface area (Å²) >= 11 is 12.6. The molecule has 3 aromatic rings. The molecule has 0 spiro atoms. The lowest BCUT2D eigenvalue weighted by Crippen LogP contribution is -1.97. The van der Waals surface area contributed by atoms with Crippen LogP contribution < -0.4 is 0 Å². The summed E-state index contributed by atoms with van der Waals surface area (Å²) in [6.45, 7) is 0.603. The van der Waals surface area contributed by atoms with Crippen LogP contribution in [0.25, 0.3) is 11.0 Å². The average Bonchev–Trinajstić information content (AvgIpc) is 2.92. The molecule has 0 aliphatic rings. The molecule has 1 aromatic carbocycles. The Bertz CT molecular complexity index is 761. The first-order valence-corrected chi connectivity index (χ1v) is 6.76. The maximum atomic E-state index is 13.4. The molecule has 2 aromatic heterocycles. The lowest BCUT2D eigenvalue weighted by atomic mass is 10.3. The van der Waals surface area contributed by atoms with Crippen LogP contribution >= 0.6 is 35.2 Å². The predicted octanol–water partition coefficient (Wildman–Crippen LogP) is 4.00. The number of nitrogens with zero attached hydrogens (tertiary/aromatic N) is 2. The van der Waals surface area contributed by atoms with Gasteiger partial charge in [0.25, 0.3) is 0 Å². The van der Waals surface area contributed by atoms with E-state index >= 15 is 0 Å². The Balaban J connectivity index is 2.19. The molecule has 92 valence electrons. The summed E-state index contributed by atoms with van der Waals surface area (Å²) < 4.78 is 15.8. The fourth-order valence-corrected chi connectivity index (χ4v) is 2.80. The number of hydrogen-bond donors (Lipinski definition) is 1. The highest BCUT2D eigenvalue weighted by atomic mass is 35.5. The number of H-pyrrole nitrogens is 1. The van der Waals surface area contributed by atoms with Crippen molar-refractivity contribution in [3.8, 4) is 0 Å². The SMILES string of the molecule is Fc1cc2[nH]c(=S)n(Cc3cncs3)c2cc1Cl. The van der Waals surface area contributed by atoms with Gasteiger partial charge >= 0.3 is 0 Å². The summed E-state index contributed by atoms with van der Waals surface area (Å²) in [7, 11) is 0. The van der Waals surface area contributed by atoms with Crippen LogP contribution in [0.1, 0.15) is 4.88 Å². The van der Waals surface area contributed by atoms with Gasteiger partial charge in [-0.05, 0) is 18.3 Å². The Morgan fingerprint density at radius 3 is 3.06 bits per heavy atom. The minimum Gasteiger partial charge on any atom is -0.330 e. The first-order chi connectivity index (χ1) is 8.65. The van der Waals surface area contributed by atoms with Gasteiger partial charge in [0.05, 0.1) is 28.1 Å². The monoisotopic (exact) mass is 299 g/mol. The van der Waals surface area contributed by atoms with Crippen LogP contribution in [-0.2, 0) is 6.54 Å². The van der Waals surface area contributed by atoms with E-state index in [1.165, 1.54) is 6.07 Å². The smallest absolute Gasteiger partial charge is 0.178 e. The van der Waals surface area contributed by atoms with E-state index in [1.807, 2.05) is 4.57 Å². The Kier molecular flexibility index (Phi) is 2.93. The van der Waals surface area contributed by atoms with Crippen molar-refractivity contribution in [1.82, 2.24) is 14.5 Å². The summed E-state index contributed by atoms with van der Waals surface area (Å²) in [5, 5.41) is 0.0922. The molecule has 0 amide bonds. The van der Waals surface area contributed by atoms with Crippen LogP contribution in [0, 0.1) is 10.6 Å². The average molecular weight is 300 g/mol. The summed E-state index contributed by atoms with van der Waals surface area (Å²) in [5.41, 5.74) is 3.20. The Morgan fingerprint density at radius 2 is 2.33 bits per heavy atom. The van der Waals surface area contributed by atoms with Gasteiger partial charge in [0.1, 0.15) is 5.82 Å². The number of rotatable bonds is 2. The zero-order valence-electron chi connectivity index (χ0n) is 8.98. The van der Waals surface area contributed by atoms with Gasteiger partial charge < -0.3 is 9.55 Å². The van der Waals surface area contributed by atoms with E-state index in [0.717, 1.165) is 10.4 Å². The molecule has 7 heteroatoms. The van der Waals surface area contributed by atoms with E-state index in [0.29, 0.717) is 16.8 Å². The third-order valence-electron chi connectivity index (χ3n) is 2.61. The number of fused-ring (bicyclic) bond motifs is 1. The molecule has 0 atom stereocenters. The van der Waals surface area contributed by atoms with Gasteiger partial charge in [0, 0.05) is 17.1 Å². The minimum atomic E-state index is -0.453. The third kappa shape index (κ3) is 1.96. The molecule has 0 bridgehead atoms. The van der Waals surface area contributed by atoms with E-state index in [4.69, 9.17) is 23.8 Å². The van der Waals surface area contributed by atoms with Crippen LogP contribution in [0.15, 0.2) is 23.8 Å². The Hall–Kier alpha value is -1.24. The molecule has 0 saturated heterocycles. The molecule has 0 unspecified atom stereocenters. The lowest BCUT2D eigenvalue weighted by Gasteiger charge is -2.02. The highest BCUT2D eigenvalue weighted by Crippen LogP contribution is 2.24. The normalized spacial score (nSPS) is 11.2. The fourth-order valence-electron chi connectivity index (χ4n) is 1.78. The van der Waals surface area contributed by atoms with Crippen LogP contribution in [-0.4, -0.2) is 14.5 Å². The number of thiazole rings is 1. The number of aromatic nitrogens is 3. The van der Waals surface area contributed by atoms with E-state index < -0.39 is 5.82 Å². The lowest BCUT2D eigenvalue weighted by molar-refractivity contribution is 0.629. The van der Waals surface area contributed by atoms with Crippen molar-refractivity contribution in [2.24, 2.45) is 0 Å². The molecular weight excluding hydrogens is 293 g/mol. The van der Waals surface area contributed by atoms with Crippen molar-refractivity contribution in [2.75, 3.05) is 0 Å². The van der Waals surface area contributed by atoms with Crippen LogP contribution in [0.3, 0.4) is 0 Å². The third-order valence-corrected chi connectivity index (χ3v) is 3.99. The topological polar surface area (TPSA) is 33.6 Å². The van der Waals surface area contributed by atoms with Gasteiger partial charge in [-0.25, -0.2) is 4.39 Å². The first-order valence-electron chi connectivity index (χ1n) is 5.10. The van der Waals surface area contributed by atoms with Gasteiger partial charge in [-0.15, -0.1) is 11.3 Å². The highest BCUT2D eigenvalue weighted by molar-refractivity contribution is 7.71. The molecular formula is C11H7ClFN3S2. The second kappa shape index (κ2) is 4.46. The van der Waals surface area contributed by atoms with Gasteiger partial charge in [-0.1, -0.05) is 11.6 Å². The molecule has 18 heavy (non-hydrogen) atoms. The molecule has 0 saturated carbocycles. The van der Waals surface area contributed by atoms with Gasteiger partial charge in [-0.3, -0.25) is 4.98 Å². The van der Waals surface area contributed by atoms with Crippen molar-refractivity contribution in [3.63, 3.8) is 0 Å². The van der Waals surface area contributed by atoms with Crippen LogP contribution in [0.2, 0.25) is 5.02 Å². The van der Waals surface area contributed by atoms with Crippen LogP contribution in [0.5, 0.6) is 0 Å². The number of benzene rings is 1. The number of aromatic amines is 1. The molecule has 3 nitrogen and oxygen atoms in total. The minimum absolute atomic E-state index is 0.0922. The molecule has 1 N–H and O–H groups in total. The molecule has 2 heterocycles. The first kappa shape index (κ1) is 11.8. The van der Waals surface area contributed by atoms with E-state index in [2.05, 4.69) is 9.97 Å². The predicted molar refractivity (Wildman–Crippen MR) is 73.3 cm³/mol. The Morgan fingerprint density at radius 1 is 1.50 bits per heavy atom. The maximum Gasteiger partial charge on any atom is 0.178 e. The summed E-state index contributed by atoms with van der Waals surface area (Å²) in [6.07, 6.45) is 1.79. The molecule has 0 radical (unpaired) electrons. The van der Waals surface area contributed by atoms with E-state index in [-0.39, 0.29) is 5.02 Å². The van der Waals surface area contributed by atoms with Crippen molar-refractivity contribution >= 4 is 46.2 Å². The largest absolute Gasteiger partial charge is 0.330 e. The maximum absolute atomic E-state index is 13.4. The highest BCUT2D eigenvalue weighted by Gasteiger charge is 2.09. The van der Waals surface area contributed by atoms with Gasteiger partial charge in [0.15, 0.2) is 4.77 Å². The van der Waals surface area contributed by atoms with E-state index in [9.17, 15) is 4.39 Å². The van der Waals surface area contributed by atoms with Gasteiger partial charge in [0.2, 0.25) is 0 Å². The second-order valence-corrected chi connectivity index (χ2v) is 5.53. The van der Waals surface area contributed by atoms with Crippen molar-refractivity contribution in [1.29, 1.82) is 0 Å². The number of nitrogens with one attached hydrogen (secondary N) is 1. The standard InChI is InChI=1S/C11H7ClFN3S2/c12-7-1-10-9(2-8(7)13)15-11(17)16(10)4-6-3-14-5-18-6/h1-3,5H,4H2,(H,15,17). The quantitative estimate of drug-likeness (QED) is 0.726. The summed E-state index contributed by atoms with van der Waals surface area (Å²) in [4.78, 5) is 8.07. The number of hydrogen-bond acceptors (Lipinski definition) is 3. The van der Waals surface area contributed by atoms with Crippen molar-refractivity contribution in [2.45, 2.75) is 6.54 Å².